The van der Waals surface area contributed by atoms with Crippen molar-refractivity contribution >= 4 is 29.4 Å². The third-order valence-electron chi connectivity index (χ3n) is 6.69. The predicted molar refractivity (Wildman–Crippen MR) is 145 cm³/mol. The Morgan fingerprint density at radius 3 is 2.32 bits per heavy atom. The van der Waals surface area contributed by atoms with Gasteiger partial charge in [-0.3, -0.25) is 14.7 Å². The second-order valence-electron chi connectivity index (χ2n) is 9.06. The first-order valence-corrected chi connectivity index (χ1v) is 13.0. The van der Waals surface area contributed by atoms with Gasteiger partial charge >= 0.3 is 0 Å². The summed E-state index contributed by atoms with van der Waals surface area (Å²) in [6.07, 6.45) is 4.97. The lowest BCUT2D eigenvalue weighted by atomic mass is 10.0. The Balaban J connectivity index is 1.56. The highest BCUT2D eigenvalue weighted by atomic mass is 35.5. The quantitative estimate of drug-likeness (QED) is 0.456. The highest BCUT2D eigenvalue weighted by Gasteiger charge is 2.36. The molecule has 0 aliphatic carbocycles. The second kappa shape index (κ2) is 12.2. The summed E-state index contributed by atoms with van der Waals surface area (Å²) < 4.78 is 17.3. The first-order chi connectivity index (χ1) is 18.0. The second-order valence-corrected chi connectivity index (χ2v) is 9.47. The fraction of sp³-hybridized carbons (Fsp3) is 0.429. The number of aliphatic hydroxyl groups excluding tert-OH is 1. The van der Waals surface area contributed by atoms with Crippen molar-refractivity contribution < 1.29 is 24.1 Å². The molecule has 8 nitrogen and oxygen atoms in total. The molecule has 0 radical (unpaired) electrons. The monoisotopic (exact) mass is 527 g/mol. The molecule has 4 rings (SSSR count). The lowest BCUT2D eigenvalue weighted by molar-refractivity contribution is -0.128. The van der Waals surface area contributed by atoms with Gasteiger partial charge in [0.1, 0.15) is 40.8 Å². The highest BCUT2D eigenvalue weighted by molar-refractivity contribution is 6.32. The number of halogens is 1. The fourth-order valence-corrected chi connectivity index (χ4v) is 4.87. The number of rotatable bonds is 9. The maximum Gasteiger partial charge on any atom is 0.260 e. The number of carbonyl (C=O) groups is 1. The summed E-state index contributed by atoms with van der Waals surface area (Å²) >= 11 is 6.23. The molecule has 0 aromatic heterocycles. The van der Waals surface area contributed by atoms with Gasteiger partial charge in [0.25, 0.3) is 5.91 Å². The molecule has 0 bridgehead atoms. The van der Waals surface area contributed by atoms with E-state index in [4.69, 9.17) is 25.8 Å². The van der Waals surface area contributed by atoms with Crippen LogP contribution in [0.15, 0.2) is 58.9 Å². The molecule has 0 saturated carbocycles. The fourth-order valence-electron chi connectivity index (χ4n) is 4.69. The number of hydrogen-bond acceptors (Lipinski definition) is 7. The molecule has 2 aliphatic heterocycles. The van der Waals surface area contributed by atoms with Gasteiger partial charge in [0.05, 0.1) is 19.2 Å². The van der Waals surface area contributed by atoms with E-state index in [0.717, 1.165) is 12.8 Å². The van der Waals surface area contributed by atoms with Crippen molar-refractivity contribution in [3.8, 4) is 17.2 Å². The number of aliphatic imine (C=N–C) groups is 1. The van der Waals surface area contributed by atoms with Crippen LogP contribution in [-0.2, 0) is 4.79 Å². The standard InChI is InChI=1S/C28H34ClN3O5/c1-4-5-13-25-30-18-20(28(34)32(25)26-23(35-2)11-8-12-24(26)36-3)27(33)31-16-14-19(15-17-31)37-22-10-7-6-9-21(22)29/h6-12,18-19,25,34H,4-5,13-17H2,1-3H3. The number of nitrogens with zero attached hydrogens (tertiary/aromatic N) is 3. The number of amides is 1. The number of hydrogen-bond donors (Lipinski definition) is 1. The Labute approximate surface area is 223 Å². The zero-order valence-electron chi connectivity index (χ0n) is 21.5. The van der Waals surface area contributed by atoms with E-state index < -0.39 is 6.17 Å². The van der Waals surface area contributed by atoms with Crippen molar-refractivity contribution in [2.45, 2.75) is 51.3 Å². The van der Waals surface area contributed by atoms with Crippen molar-refractivity contribution in [1.82, 2.24) is 4.90 Å². The van der Waals surface area contributed by atoms with Crippen LogP contribution in [0.1, 0.15) is 39.0 Å². The maximum absolute atomic E-state index is 13.6. The Morgan fingerprint density at radius 2 is 1.70 bits per heavy atom. The number of benzene rings is 2. The Hall–Kier alpha value is -3.39. The van der Waals surface area contributed by atoms with E-state index in [0.29, 0.717) is 60.3 Å². The number of carbonyl (C=O) groups excluding carboxylic acids is 1. The van der Waals surface area contributed by atoms with Crippen molar-refractivity contribution in [3.63, 3.8) is 0 Å². The lowest BCUT2D eigenvalue weighted by Crippen LogP contribution is -2.45. The van der Waals surface area contributed by atoms with Gasteiger partial charge in [-0.05, 0) is 37.1 Å². The lowest BCUT2D eigenvalue weighted by Gasteiger charge is -2.37. The van der Waals surface area contributed by atoms with Crippen LogP contribution in [0, 0.1) is 0 Å². The van der Waals surface area contributed by atoms with Crippen LogP contribution in [-0.4, -0.2) is 61.7 Å². The van der Waals surface area contributed by atoms with E-state index in [2.05, 4.69) is 11.9 Å². The van der Waals surface area contributed by atoms with E-state index in [1.807, 2.05) is 24.3 Å². The molecule has 1 N–H and O–H groups in total. The van der Waals surface area contributed by atoms with Crippen molar-refractivity contribution in [3.05, 3.63) is 58.9 Å². The third-order valence-corrected chi connectivity index (χ3v) is 7.00. The zero-order chi connectivity index (χ0) is 26.4. The summed E-state index contributed by atoms with van der Waals surface area (Å²) in [7, 11) is 3.13. The van der Waals surface area contributed by atoms with Crippen LogP contribution in [0.25, 0.3) is 0 Å². The van der Waals surface area contributed by atoms with Gasteiger partial charge in [0.15, 0.2) is 0 Å². The van der Waals surface area contributed by atoms with E-state index in [9.17, 15) is 9.90 Å². The van der Waals surface area contributed by atoms with Crippen LogP contribution in [0.4, 0.5) is 5.69 Å². The van der Waals surface area contributed by atoms with Gasteiger partial charge in [-0.1, -0.05) is 43.1 Å². The number of para-hydroxylation sites is 2. The van der Waals surface area contributed by atoms with Crippen molar-refractivity contribution in [2.75, 3.05) is 32.2 Å². The molecule has 0 spiro atoms. The molecule has 2 aliphatic rings. The summed E-state index contributed by atoms with van der Waals surface area (Å²) in [6.45, 7) is 3.09. The van der Waals surface area contributed by atoms with Crippen LogP contribution >= 0.6 is 11.6 Å². The average Bonchev–Trinajstić information content (AvgIpc) is 2.93. The molecule has 2 aromatic rings. The summed E-state index contributed by atoms with van der Waals surface area (Å²) in [4.78, 5) is 21.6. The number of likely N-dealkylation sites (tertiary alicyclic amines) is 1. The molecule has 2 aromatic carbocycles. The molecular weight excluding hydrogens is 494 g/mol. The van der Waals surface area contributed by atoms with Gasteiger partial charge in [0.2, 0.25) is 5.88 Å². The molecular formula is C28H34ClN3O5. The molecule has 1 atom stereocenters. The van der Waals surface area contributed by atoms with E-state index in [1.54, 1.807) is 42.2 Å². The summed E-state index contributed by atoms with van der Waals surface area (Å²) in [6, 6.07) is 12.8. The molecule has 9 heteroatoms. The molecule has 1 unspecified atom stereocenters. The first kappa shape index (κ1) is 26.7. The summed E-state index contributed by atoms with van der Waals surface area (Å²) in [5.74, 6) is 1.26. The van der Waals surface area contributed by atoms with Crippen molar-refractivity contribution in [1.29, 1.82) is 0 Å². The van der Waals surface area contributed by atoms with Gasteiger partial charge in [0, 0.05) is 32.1 Å². The molecule has 37 heavy (non-hydrogen) atoms. The van der Waals surface area contributed by atoms with Crippen LogP contribution in [0.2, 0.25) is 5.02 Å². The number of piperidine rings is 1. The smallest absolute Gasteiger partial charge is 0.260 e. The first-order valence-electron chi connectivity index (χ1n) is 12.7. The maximum atomic E-state index is 13.6. The topological polar surface area (TPSA) is 83.8 Å². The Morgan fingerprint density at radius 1 is 1.05 bits per heavy atom. The van der Waals surface area contributed by atoms with Gasteiger partial charge < -0.3 is 24.2 Å². The van der Waals surface area contributed by atoms with Gasteiger partial charge in [-0.2, -0.15) is 0 Å². The van der Waals surface area contributed by atoms with Gasteiger partial charge in [-0.15, -0.1) is 0 Å². The highest BCUT2D eigenvalue weighted by Crippen LogP contribution is 2.42. The number of unbranched alkanes of at least 4 members (excludes halogenated alkanes) is 1. The number of ether oxygens (including phenoxy) is 3. The van der Waals surface area contributed by atoms with Crippen LogP contribution in [0.5, 0.6) is 17.2 Å². The zero-order valence-corrected chi connectivity index (χ0v) is 22.3. The molecule has 1 amide bonds. The number of anilines is 1. The minimum absolute atomic E-state index is 0.0423. The number of methoxy groups -OCH3 is 2. The Bertz CT molecular complexity index is 1140. The normalized spacial score (nSPS) is 18.2. The molecule has 2 heterocycles. The van der Waals surface area contributed by atoms with E-state index in [1.165, 1.54) is 6.21 Å². The number of aliphatic hydroxyl groups is 1. The summed E-state index contributed by atoms with van der Waals surface area (Å²) in [5, 5.41) is 12.1. The van der Waals surface area contributed by atoms with Crippen LogP contribution < -0.4 is 19.1 Å². The molecule has 1 fully saturated rings. The molecule has 198 valence electrons. The van der Waals surface area contributed by atoms with E-state index in [-0.39, 0.29) is 23.5 Å². The van der Waals surface area contributed by atoms with Gasteiger partial charge in [-0.25, -0.2) is 0 Å². The average molecular weight is 528 g/mol. The largest absolute Gasteiger partial charge is 0.494 e. The van der Waals surface area contributed by atoms with E-state index >= 15 is 0 Å². The Kier molecular flexibility index (Phi) is 8.82. The molecule has 1 saturated heterocycles. The minimum Gasteiger partial charge on any atom is -0.494 e. The van der Waals surface area contributed by atoms with Crippen molar-refractivity contribution in [2.24, 2.45) is 4.99 Å². The predicted octanol–water partition coefficient (Wildman–Crippen LogP) is 5.60. The van der Waals surface area contributed by atoms with Crippen LogP contribution in [0.3, 0.4) is 0 Å². The third kappa shape index (κ3) is 5.80. The minimum atomic E-state index is -0.392. The SMILES string of the molecule is CCCCC1N=CC(C(=O)N2CCC(Oc3ccccc3Cl)CC2)=C(O)N1c1c(OC)cccc1OC. The summed E-state index contributed by atoms with van der Waals surface area (Å²) in [5.41, 5.74) is 0.686.